The van der Waals surface area contributed by atoms with Crippen LogP contribution in [-0.2, 0) is 6.54 Å². The second-order valence-electron chi connectivity index (χ2n) is 7.53. The molecule has 4 rings (SSSR count). The molecular weight excluding hydrogens is 362 g/mol. The van der Waals surface area contributed by atoms with Gasteiger partial charge in [0, 0.05) is 31.5 Å². The van der Waals surface area contributed by atoms with E-state index in [-0.39, 0.29) is 11.6 Å². The minimum absolute atomic E-state index is 0.129. The number of fused-ring (bicyclic) bond motifs is 1. The molecule has 1 unspecified atom stereocenters. The van der Waals surface area contributed by atoms with E-state index in [1.54, 1.807) is 12.3 Å². The molecule has 0 spiro atoms. The van der Waals surface area contributed by atoms with E-state index in [1.165, 1.54) is 11.8 Å². The van der Waals surface area contributed by atoms with Crippen molar-refractivity contribution in [1.82, 2.24) is 4.90 Å². The van der Waals surface area contributed by atoms with Gasteiger partial charge in [0.1, 0.15) is 5.92 Å². The van der Waals surface area contributed by atoms with Crippen molar-refractivity contribution < 1.29 is 4.42 Å². The summed E-state index contributed by atoms with van der Waals surface area (Å²) in [5.74, 6) is -1.62. The molecule has 2 heterocycles. The highest BCUT2D eigenvalue weighted by Gasteiger charge is 2.58. The molecule has 6 heteroatoms. The molecule has 1 fully saturated rings. The maximum Gasteiger partial charge on any atom is 0.189 e. The molecular formula is C23H19N5O. The second-order valence-corrected chi connectivity index (χ2v) is 7.53. The van der Waals surface area contributed by atoms with Crippen molar-refractivity contribution in [2.24, 2.45) is 17.3 Å². The summed E-state index contributed by atoms with van der Waals surface area (Å²) < 4.78 is 5.25. The lowest BCUT2D eigenvalue weighted by atomic mass is 9.54. The van der Waals surface area contributed by atoms with E-state index in [0.717, 1.165) is 12.1 Å². The van der Waals surface area contributed by atoms with Crippen molar-refractivity contribution in [1.29, 1.82) is 21.2 Å². The fourth-order valence-electron chi connectivity index (χ4n) is 4.67. The first-order valence-electron chi connectivity index (χ1n) is 9.44. The highest BCUT2D eigenvalue weighted by atomic mass is 16.3. The molecule has 3 atom stereocenters. The third kappa shape index (κ3) is 2.93. The zero-order valence-corrected chi connectivity index (χ0v) is 15.7. The summed E-state index contributed by atoms with van der Waals surface area (Å²) in [5, 5.41) is 38.3. The van der Waals surface area contributed by atoms with Gasteiger partial charge in [-0.25, -0.2) is 0 Å². The molecule has 1 aliphatic carbocycles. The standard InChI is InChI=1S/C23H19N5O/c24-10-19-18-6-8-28(11-16-4-2-1-3-5-16)12-20(18)21(17-7-9-29-13-17)23(14-25,15-26)22(19)27/h1-7,9,13,19-21,27H,8,11-12H2/t19?,20-,21+/m1/s1. The predicted octanol–water partition coefficient (Wildman–Crippen LogP) is 3.63. The molecule has 1 N–H and O–H groups in total. The second kappa shape index (κ2) is 7.40. The molecule has 6 nitrogen and oxygen atoms in total. The van der Waals surface area contributed by atoms with Gasteiger partial charge >= 0.3 is 0 Å². The van der Waals surface area contributed by atoms with Crippen LogP contribution in [0.5, 0.6) is 0 Å². The summed E-state index contributed by atoms with van der Waals surface area (Å²) in [6.07, 6.45) is 5.07. The molecule has 1 aromatic carbocycles. The first-order valence-corrected chi connectivity index (χ1v) is 9.44. The fraction of sp³-hybridized carbons (Fsp3) is 0.304. The summed E-state index contributed by atoms with van der Waals surface area (Å²) in [6.45, 7) is 2.00. The number of rotatable bonds is 3. The van der Waals surface area contributed by atoms with Gasteiger partial charge in [-0.3, -0.25) is 4.90 Å². The lowest BCUT2D eigenvalue weighted by Crippen LogP contribution is -2.52. The third-order valence-electron chi connectivity index (χ3n) is 6.02. The lowest BCUT2D eigenvalue weighted by molar-refractivity contribution is 0.197. The average molecular weight is 381 g/mol. The number of benzene rings is 1. The van der Waals surface area contributed by atoms with Crippen molar-refractivity contribution in [3.05, 3.63) is 71.7 Å². The van der Waals surface area contributed by atoms with E-state index in [4.69, 9.17) is 9.83 Å². The average Bonchev–Trinajstić information content (AvgIpc) is 3.28. The van der Waals surface area contributed by atoms with Crippen LogP contribution in [-0.4, -0.2) is 23.7 Å². The summed E-state index contributed by atoms with van der Waals surface area (Å²) in [4.78, 5) is 2.25. The fourth-order valence-corrected chi connectivity index (χ4v) is 4.67. The first-order chi connectivity index (χ1) is 14.1. The molecule has 2 aromatic rings. The molecule has 2 aliphatic rings. The van der Waals surface area contributed by atoms with Crippen LogP contribution >= 0.6 is 0 Å². The maximum absolute atomic E-state index is 10.00. The minimum Gasteiger partial charge on any atom is -0.472 e. The Balaban J connectivity index is 1.78. The van der Waals surface area contributed by atoms with Crippen molar-refractivity contribution in [3.63, 3.8) is 0 Å². The Hall–Kier alpha value is -3.66. The van der Waals surface area contributed by atoms with E-state index < -0.39 is 17.3 Å². The number of nitriles is 3. The Bertz CT molecular complexity index is 1050. The zero-order chi connectivity index (χ0) is 20.4. The molecule has 0 radical (unpaired) electrons. The van der Waals surface area contributed by atoms with Crippen LogP contribution in [0.15, 0.2) is 65.0 Å². The summed E-state index contributed by atoms with van der Waals surface area (Å²) in [7, 11) is 0. The van der Waals surface area contributed by atoms with E-state index in [2.05, 4.69) is 35.2 Å². The largest absolute Gasteiger partial charge is 0.472 e. The Morgan fingerprint density at radius 1 is 1.14 bits per heavy atom. The van der Waals surface area contributed by atoms with Crippen molar-refractivity contribution in [2.75, 3.05) is 13.1 Å². The molecule has 0 bridgehead atoms. The quantitative estimate of drug-likeness (QED) is 0.816. The van der Waals surface area contributed by atoms with Gasteiger partial charge in [0.25, 0.3) is 0 Å². The van der Waals surface area contributed by atoms with Crippen molar-refractivity contribution in [3.8, 4) is 18.2 Å². The molecule has 0 amide bonds. The monoisotopic (exact) mass is 381 g/mol. The number of furan rings is 1. The Kier molecular flexibility index (Phi) is 4.77. The van der Waals surface area contributed by atoms with Crippen LogP contribution < -0.4 is 0 Å². The van der Waals surface area contributed by atoms with E-state index in [0.29, 0.717) is 18.7 Å². The Morgan fingerprint density at radius 3 is 2.52 bits per heavy atom. The molecule has 1 aliphatic heterocycles. The molecule has 0 saturated heterocycles. The molecule has 142 valence electrons. The third-order valence-corrected chi connectivity index (χ3v) is 6.02. The van der Waals surface area contributed by atoms with Gasteiger partial charge in [0.2, 0.25) is 0 Å². The van der Waals surface area contributed by atoms with Crippen LogP contribution in [0.3, 0.4) is 0 Å². The van der Waals surface area contributed by atoms with Gasteiger partial charge in [0.15, 0.2) is 5.41 Å². The number of hydrogen-bond acceptors (Lipinski definition) is 6. The Labute approximate surface area is 169 Å². The van der Waals surface area contributed by atoms with Crippen LogP contribution in [0.1, 0.15) is 17.0 Å². The minimum atomic E-state index is -1.69. The van der Waals surface area contributed by atoms with Gasteiger partial charge in [-0.2, -0.15) is 15.8 Å². The highest BCUT2D eigenvalue weighted by Crippen LogP contribution is 2.53. The summed E-state index contributed by atoms with van der Waals surface area (Å²) in [5.41, 5.74) is 0.912. The number of nitrogens with zero attached hydrogens (tertiary/aromatic N) is 4. The number of hydrogen-bond donors (Lipinski definition) is 1. The Morgan fingerprint density at radius 2 is 1.90 bits per heavy atom. The van der Waals surface area contributed by atoms with E-state index in [9.17, 15) is 15.8 Å². The predicted molar refractivity (Wildman–Crippen MR) is 105 cm³/mol. The van der Waals surface area contributed by atoms with Gasteiger partial charge in [-0.15, -0.1) is 0 Å². The van der Waals surface area contributed by atoms with Gasteiger partial charge in [-0.05, 0) is 22.8 Å². The van der Waals surface area contributed by atoms with Crippen LogP contribution in [0, 0.1) is 56.7 Å². The van der Waals surface area contributed by atoms with Crippen molar-refractivity contribution >= 4 is 5.71 Å². The van der Waals surface area contributed by atoms with Crippen LogP contribution in [0.2, 0.25) is 0 Å². The highest BCUT2D eigenvalue weighted by molar-refractivity contribution is 6.00. The van der Waals surface area contributed by atoms with Crippen LogP contribution in [0.25, 0.3) is 0 Å². The molecule has 1 aromatic heterocycles. The lowest BCUT2D eigenvalue weighted by Gasteiger charge is -2.47. The summed E-state index contributed by atoms with van der Waals surface area (Å²) >= 11 is 0. The normalized spacial score (nSPS) is 25.8. The first kappa shape index (κ1) is 18.7. The van der Waals surface area contributed by atoms with Crippen molar-refractivity contribution in [2.45, 2.75) is 12.5 Å². The molecule has 1 saturated carbocycles. The van der Waals surface area contributed by atoms with Crippen LogP contribution in [0.4, 0.5) is 0 Å². The van der Waals surface area contributed by atoms with Gasteiger partial charge < -0.3 is 9.83 Å². The van der Waals surface area contributed by atoms with E-state index >= 15 is 0 Å². The van der Waals surface area contributed by atoms with Gasteiger partial charge in [-0.1, -0.05) is 36.4 Å². The smallest absolute Gasteiger partial charge is 0.189 e. The number of nitrogens with one attached hydrogen (secondary N) is 1. The topological polar surface area (TPSA) is 112 Å². The maximum atomic E-state index is 10.00. The molecule has 29 heavy (non-hydrogen) atoms. The SMILES string of the molecule is N#CC1C(=N)C(C#N)(C#N)[C@@H](c2ccoc2)[C@@H]2CN(Cc3ccccc3)CC=C12. The summed E-state index contributed by atoms with van der Waals surface area (Å²) in [6, 6.07) is 18.2. The van der Waals surface area contributed by atoms with Gasteiger partial charge in [0.05, 0.1) is 36.4 Å². The van der Waals surface area contributed by atoms with E-state index in [1.807, 2.05) is 24.3 Å². The zero-order valence-electron chi connectivity index (χ0n) is 15.7.